The summed E-state index contributed by atoms with van der Waals surface area (Å²) in [5.41, 5.74) is 1.66. The van der Waals surface area contributed by atoms with Gasteiger partial charge in [-0.25, -0.2) is 0 Å². The van der Waals surface area contributed by atoms with Crippen LogP contribution in [0.1, 0.15) is 71.5 Å². The summed E-state index contributed by atoms with van der Waals surface area (Å²) in [4.78, 5) is 40.7. The zero-order chi connectivity index (χ0) is 27.3. The summed E-state index contributed by atoms with van der Waals surface area (Å²) in [5, 5.41) is 2.32. The Morgan fingerprint density at radius 1 is 0.923 bits per heavy atom. The highest BCUT2D eigenvalue weighted by Crippen LogP contribution is 2.37. The predicted octanol–water partition coefficient (Wildman–Crippen LogP) is 4.26. The lowest BCUT2D eigenvalue weighted by atomic mass is 9.84. The Bertz CT molecular complexity index is 1290. The first kappa shape index (κ1) is 25.9. The molecule has 0 bridgehead atoms. The number of imide groups is 1. The minimum absolute atomic E-state index is 0.0197. The Labute approximate surface area is 224 Å². The van der Waals surface area contributed by atoms with Gasteiger partial charge in [-0.1, -0.05) is 18.6 Å². The number of hydrogen-bond donors (Lipinski definition) is 1. The molecule has 1 N–H and O–H groups in total. The number of amides is 3. The van der Waals surface area contributed by atoms with Gasteiger partial charge >= 0.3 is 6.18 Å². The molecule has 1 saturated carbocycles. The zero-order valence-electron chi connectivity index (χ0n) is 21.4. The number of nitrogens with zero attached hydrogens (tertiary/aromatic N) is 2. The number of hydrogen-bond acceptors (Lipinski definition) is 5. The van der Waals surface area contributed by atoms with Gasteiger partial charge in [-0.3, -0.25) is 24.6 Å². The molecule has 7 nitrogen and oxygen atoms in total. The highest BCUT2D eigenvalue weighted by Gasteiger charge is 2.41. The largest absolute Gasteiger partial charge is 0.489 e. The molecule has 1 aliphatic carbocycles. The highest BCUT2D eigenvalue weighted by molar-refractivity contribution is 6.05. The molecule has 1 unspecified atom stereocenters. The van der Waals surface area contributed by atoms with Gasteiger partial charge in [-0.05, 0) is 67.1 Å². The van der Waals surface area contributed by atoms with Crippen LogP contribution in [0.4, 0.5) is 13.2 Å². The number of fused-ring (bicyclic) bond motifs is 1. The number of ether oxygens (including phenoxy) is 1. The van der Waals surface area contributed by atoms with Gasteiger partial charge in [-0.15, -0.1) is 0 Å². The molecule has 2 aromatic carbocycles. The van der Waals surface area contributed by atoms with Crippen LogP contribution >= 0.6 is 0 Å². The number of rotatable bonds is 5. The van der Waals surface area contributed by atoms with Crippen molar-refractivity contribution < 1.29 is 32.3 Å². The van der Waals surface area contributed by atoms with Gasteiger partial charge in [0.05, 0.1) is 5.56 Å². The standard InChI is InChI=1S/C29H30F3N3O4/c30-29(31,32)20-7-5-17(6-8-20)19-14-34(15-19)23-3-1-2-4-25(23)39-21-9-10-22-18(13-21)16-35(28(22)38)24-11-12-26(36)33-27(24)37/h5-10,13,19,23-25H,1-4,11-12,14-16H2,(H,33,36,37)/t23-,24?,25+/m1/s1. The first-order chi connectivity index (χ1) is 18.7. The highest BCUT2D eigenvalue weighted by atomic mass is 19.4. The van der Waals surface area contributed by atoms with Crippen molar-refractivity contribution >= 4 is 17.7 Å². The molecule has 0 spiro atoms. The van der Waals surface area contributed by atoms with Gasteiger partial charge in [0, 0.05) is 43.6 Å². The molecule has 10 heteroatoms. The number of carbonyl (C=O) groups excluding carboxylic acids is 3. The molecular formula is C29H30F3N3O4. The van der Waals surface area contributed by atoms with Crippen LogP contribution in [0, 0.1) is 0 Å². The van der Waals surface area contributed by atoms with E-state index >= 15 is 0 Å². The summed E-state index contributed by atoms with van der Waals surface area (Å²) in [6, 6.07) is 10.5. The van der Waals surface area contributed by atoms with Crippen molar-refractivity contribution in [3.8, 4) is 5.75 Å². The number of likely N-dealkylation sites (tertiary alicyclic amines) is 1. The minimum Gasteiger partial charge on any atom is -0.489 e. The van der Waals surface area contributed by atoms with Gasteiger partial charge in [-0.2, -0.15) is 13.2 Å². The Kier molecular flexibility index (Phi) is 6.61. The smallest absolute Gasteiger partial charge is 0.416 e. The molecule has 2 saturated heterocycles. The van der Waals surface area contributed by atoms with Gasteiger partial charge in [0.1, 0.15) is 17.9 Å². The summed E-state index contributed by atoms with van der Waals surface area (Å²) in [6.45, 7) is 1.87. The van der Waals surface area contributed by atoms with Crippen molar-refractivity contribution in [1.29, 1.82) is 0 Å². The SMILES string of the molecule is O=C1CCC(N2Cc3cc(O[C@H]4CCCC[C@H]4N4CC(c5ccc(C(F)(F)F)cc5)C4)ccc3C2=O)C(=O)N1. The van der Waals surface area contributed by atoms with Crippen molar-refractivity contribution in [3.05, 3.63) is 64.7 Å². The normalized spacial score (nSPS) is 26.3. The van der Waals surface area contributed by atoms with E-state index in [1.54, 1.807) is 24.3 Å². The molecule has 0 radical (unpaired) electrons. The molecule has 0 aromatic heterocycles. The van der Waals surface area contributed by atoms with Crippen LogP contribution in [0.25, 0.3) is 0 Å². The van der Waals surface area contributed by atoms with Crippen LogP contribution in [0.3, 0.4) is 0 Å². The molecule has 2 aromatic rings. The number of alkyl halides is 3. The van der Waals surface area contributed by atoms with Crippen LogP contribution in [0.5, 0.6) is 5.75 Å². The van der Waals surface area contributed by atoms with E-state index in [4.69, 9.17) is 4.74 Å². The molecule has 3 fully saturated rings. The van der Waals surface area contributed by atoms with Crippen molar-refractivity contribution in [1.82, 2.24) is 15.1 Å². The Balaban J connectivity index is 1.09. The van der Waals surface area contributed by atoms with Crippen LogP contribution in [-0.4, -0.2) is 58.8 Å². The summed E-state index contributed by atoms with van der Waals surface area (Å²) in [7, 11) is 0. The van der Waals surface area contributed by atoms with Crippen LogP contribution in [-0.2, 0) is 22.3 Å². The minimum atomic E-state index is -4.33. The van der Waals surface area contributed by atoms with E-state index in [2.05, 4.69) is 10.2 Å². The van der Waals surface area contributed by atoms with E-state index in [-0.39, 0.29) is 36.3 Å². The Hall–Kier alpha value is -3.40. The van der Waals surface area contributed by atoms with E-state index in [1.807, 2.05) is 6.07 Å². The predicted molar refractivity (Wildman–Crippen MR) is 135 cm³/mol. The molecule has 6 rings (SSSR count). The number of carbonyl (C=O) groups is 3. The molecule has 206 valence electrons. The average Bonchev–Trinajstić information content (AvgIpc) is 3.19. The molecule has 3 amide bonds. The summed E-state index contributed by atoms with van der Waals surface area (Å²) in [6.07, 6.45) is 0.251. The number of piperidine rings is 1. The maximum absolute atomic E-state index is 13.0. The third-order valence-electron chi connectivity index (χ3n) is 8.54. The fourth-order valence-corrected chi connectivity index (χ4v) is 6.37. The first-order valence-corrected chi connectivity index (χ1v) is 13.5. The maximum Gasteiger partial charge on any atom is 0.416 e. The molecule has 4 aliphatic rings. The number of nitrogens with one attached hydrogen (secondary N) is 1. The lowest BCUT2D eigenvalue weighted by molar-refractivity contribution is -0.138. The van der Waals surface area contributed by atoms with E-state index in [0.717, 1.165) is 62.0 Å². The Morgan fingerprint density at radius 3 is 2.38 bits per heavy atom. The second-order valence-corrected chi connectivity index (χ2v) is 11.0. The number of halogens is 3. The fraction of sp³-hybridized carbons (Fsp3) is 0.483. The van der Waals surface area contributed by atoms with Crippen LogP contribution in [0.2, 0.25) is 0 Å². The molecular weight excluding hydrogens is 511 g/mol. The summed E-state index contributed by atoms with van der Waals surface area (Å²) < 4.78 is 45.2. The van der Waals surface area contributed by atoms with E-state index in [1.165, 1.54) is 4.90 Å². The van der Waals surface area contributed by atoms with E-state index < -0.39 is 23.7 Å². The second-order valence-electron chi connectivity index (χ2n) is 11.0. The van der Waals surface area contributed by atoms with Crippen LogP contribution < -0.4 is 10.1 Å². The van der Waals surface area contributed by atoms with Crippen molar-refractivity contribution in [3.63, 3.8) is 0 Å². The van der Waals surface area contributed by atoms with Crippen molar-refractivity contribution in [2.24, 2.45) is 0 Å². The summed E-state index contributed by atoms with van der Waals surface area (Å²) >= 11 is 0. The van der Waals surface area contributed by atoms with Gasteiger partial charge in [0.25, 0.3) is 5.91 Å². The Morgan fingerprint density at radius 2 is 1.67 bits per heavy atom. The first-order valence-electron chi connectivity index (χ1n) is 13.5. The lowest BCUT2D eigenvalue weighted by Gasteiger charge is -2.48. The number of benzene rings is 2. The third kappa shape index (κ3) is 5.02. The summed E-state index contributed by atoms with van der Waals surface area (Å²) in [5.74, 6) is -0.0666. The third-order valence-corrected chi connectivity index (χ3v) is 8.54. The topological polar surface area (TPSA) is 79.0 Å². The van der Waals surface area contributed by atoms with Crippen molar-refractivity contribution in [2.75, 3.05) is 13.1 Å². The van der Waals surface area contributed by atoms with E-state index in [0.29, 0.717) is 24.3 Å². The molecule has 3 aliphatic heterocycles. The molecule has 3 heterocycles. The fourth-order valence-electron chi connectivity index (χ4n) is 6.37. The quantitative estimate of drug-likeness (QED) is 0.573. The van der Waals surface area contributed by atoms with E-state index in [9.17, 15) is 27.6 Å². The van der Waals surface area contributed by atoms with Gasteiger partial charge in [0.15, 0.2) is 0 Å². The average molecular weight is 542 g/mol. The van der Waals surface area contributed by atoms with Gasteiger partial charge in [0.2, 0.25) is 11.8 Å². The molecule has 3 atom stereocenters. The van der Waals surface area contributed by atoms with Crippen LogP contribution in [0.15, 0.2) is 42.5 Å². The molecule has 39 heavy (non-hydrogen) atoms. The maximum atomic E-state index is 13.0. The zero-order valence-corrected chi connectivity index (χ0v) is 21.4. The second kappa shape index (κ2) is 9.97. The van der Waals surface area contributed by atoms with Crippen molar-refractivity contribution in [2.45, 2.75) is 75.4 Å². The van der Waals surface area contributed by atoms with Gasteiger partial charge < -0.3 is 9.64 Å². The monoisotopic (exact) mass is 541 g/mol. The lowest BCUT2D eigenvalue weighted by Crippen LogP contribution is -2.57.